The van der Waals surface area contributed by atoms with Gasteiger partial charge in [0, 0.05) is 0 Å². The Hall–Kier alpha value is -3.08. The lowest BCUT2D eigenvalue weighted by Gasteiger charge is -2.28. The van der Waals surface area contributed by atoms with Gasteiger partial charge in [-0.2, -0.15) is 0 Å². The molecule has 2 aromatic rings. The van der Waals surface area contributed by atoms with E-state index in [0.717, 1.165) is 56.6 Å². The topological polar surface area (TPSA) is 61.8 Å². The molecular formula is C35H48O5. The van der Waals surface area contributed by atoms with E-state index < -0.39 is 5.97 Å². The van der Waals surface area contributed by atoms with E-state index in [1.165, 1.54) is 51.4 Å². The van der Waals surface area contributed by atoms with Gasteiger partial charge in [0.2, 0.25) is 0 Å². The van der Waals surface area contributed by atoms with Crippen LogP contribution in [0.25, 0.3) is 0 Å². The Labute approximate surface area is 241 Å². The summed E-state index contributed by atoms with van der Waals surface area (Å²) in [6, 6.07) is 13.6. The van der Waals surface area contributed by atoms with Crippen LogP contribution in [0.15, 0.2) is 61.2 Å². The average molecular weight is 549 g/mol. The summed E-state index contributed by atoms with van der Waals surface area (Å²) < 4.78 is 17.1. The van der Waals surface area contributed by atoms with Crippen molar-refractivity contribution in [3.63, 3.8) is 0 Å². The number of carbonyl (C=O) groups excluding carboxylic acids is 2. The van der Waals surface area contributed by atoms with Crippen molar-refractivity contribution >= 4 is 11.9 Å². The summed E-state index contributed by atoms with van der Waals surface area (Å²) in [5.74, 6) is 1.14. The minimum atomic E-state index is -0.450. The van der Waals surface area contributed by atoms with E-state index in [0.29, 0.717) is 23.5 Å². The normalized spacial score (nSPS) is 16.7. The van der Waals surface area contributed by atoms with Crippen molar-refractivity contribution in [2.45, 2.75) is 109 Å². The van der Waals surface area contributed by atoms with E-state index >= 15 is 0 Å². The summed E-state index contributed by atoms with van der Waals surface area (Å²) in [6.07, 6.45) is 19.6. The number of rotatable bonds is 18. The summed E-state index contributed by atoms with van der Waals surface area (Å²) in [5.41, 5.74) is 0.916. The number of ether oxygens (including phenoxy) is 3. The minimum absolute atomic E-state index is 0.00296. The Kier molecular flexibility index (Phi) is 14.4. The van der Waals surface area contributed by atoms with Crippen molar-refractivity contribution in [2.75, 3.05) is 6.61 Å². The van der Waals surface area contributed by atoms with Gasteiger partial charge in [-0.3, -0.25) is 0 Å². The smallest absolute Gasteiger partial charge is 0.343 e. The monoisotopic (exact) mass is 548 g/mol. The molecule has 1 aliphatic rings. The molecule has 0 saturated heterocycles. The van der Waals surface area contributed by atoms with Crippen LogP contribution in [0.3, 0.4) is 0 Å². The first-order valence-electron chi connectivity index (χ1n) is 15.5. The Morgan fingerprint density at radius 1 is 0.750 bits per heavy atom. The van der Waals surface area contributed by atoms with Crippen molar-refractivity contribution in [3.8, 4) is 11.5 Å². The molecule has 0 amide bonds. The highest BCUT2D eigenvalue weighted by molar-refractivity contribution is 5.92. The van der Waals surface area contributed by atoms with Gasteiger partial charge in [-0.25, -0.2) is 9.59 Å². The van der Waals surface area contributed by atoms with Crippen LogP contribution in [0.2, 0.25) is 0 Å². The fraction of sp³-hybridized carbons (Fsp3) is 0.543. The van der Waals surface area contributed by atoms with Crippen LogP contribution in [-0.4, -0.2) is 24.6 Å². The zero-order valence-corrected chi connectivity index (χ0v) is 24.4. The molecule has 0 unspecified atom stereocenters. The number of allylic oxidation sites excluding steroid dienone is 1. The summed E-state index contributed by atoms with van der Waals surface area (Å²) >= 11 is 0. The molecule has 0 bridgehead atoms. The van der Waals surface area contributed by atoms with Crippen LogP contribution < -0.4 is 9.47 Å². The number of carbonyl (C=O) groups is 2. The molecule has 1 aliphatic carbocycles. The second-order valence-electron chi connectivity index (χ2n) is 11.0. The predicted molar refractivity (Wildman–Crippen MR) is 161 cm³/mol. The second kappa shape index (κ2) is 18.3. The quantitative estimate of drug-likeness (QED) is 0.0803. The molecule has 218 valence electrons. The number of benzene rings is 2. The first-order valence-corrected chi connectivity index (χ1v) is 15.5. The summed E-state index contributed by atoms with van der Waals surface area (Å²) in [6.45, 7) is 6.66. The third-order valence-electron chi connectivity index (χ3n) is 7.75. The van der Waals surface area contributed by atoms with Gasteiger partial charge < -0.3 is 14.2 Å². The van der Waals surface area contributed by atoms with E-state index in [4.69, 9.17) is 14.2 Å². The standard InChI is InChI=1S/C35H48O5/c1-3-5-7-8-9-10-11-13-27-38-31-23-17-29(18-24-31)34(36)40-33-25-19-30(20-26-33)35(37)39-32-21-15-28(16-22-32)14-12-6-4-2/h3,17-20,23-26,28,32H,1,4-16,21-22,27H2,2H3/t28-,32-. The van der Waals surface area contributed by atoms with E-state index in [2.05, 4.69) is 13.5 Å². The van der Waals surface area contributed by atoms with E-state index in [-0.39, 0.29) is 12.1 Å². The lowest BCUT2D eigenvalue weighted by Crippen LogP contribution is -2.24. The van der Waals surface area contributed by atoms with Gasteiger partial charge in [-0.05, 0) is 99.4 Å². The van der Waals surface area contributed by atoms with E-state index in [1.54, 1.807) is 48.5 Å². The molecule has 3 rings (SSSR count). The number of hydrogen-bond donors (Lipinski definition) is 0. The highest BCUT2D eigenvalue weighted by Crippen LogP contribution is 2.30. The van der Waals surface area contributed by atoms with Crippen LogP contribution in [0.5, 0.6) is 11.5 Å². The van der Waals surface area contributed by atoms with Crippen molar-refractivity contribution in [2.24, 2.45) is 5.92 Å². The van der Waals surface area contributed by atoms with Gasteiger partial charge >= 0.3 is 11.9 Å². The zero-order chi connectivity index (χ0) is 28.4. The summed E-state index contributed by atoms with van der Waals surface area (Å²) in [5, 5.41) is 0. The SMILES string of the molecule is C=CCCCCCCCCOc1ccc(C(=O)Oc2ccc(C(=O)O[C@H]3CC[C@H](CCCCC)CC3)cc2)cc1. The molecule has 0 N–H and O–H groups in total. The molecule has 0 aliphatic heterocycles. The highest BCUT2D eigenvalue weighted by Gasteiger charge is 2.24. The number of esters is 2. The third-order valence-corrected chi connectivity index (χ3v) is 7.75. The van der Waals surface area contributed by atoms with Crippen LogP contribution in [0.1, 0.15) is 124 Å². The first-order chi connectivity index (χ1) is 19.6. The van der Waals surface area contributed by atoms with Gasteiger partial charge in [0.25, 0.3) is 0 Å². The van der Waals surface area contributed by atoms with Crippen molar-refractivity contribution < 1.29 is 23.8 Å². The molecule has 0 spiro atoms. The van der Waals surface area contributed by atoms with Crippen molar-refractivity contribution in [3.05, 3.63) is 72.3 Å². The minimum Gasteiger partial charge on any atom is -0.494 e. The average Bonchev–Trinajstić information content (AvgIpc) is 2.98. The summed E-state index contributed by atoms with van der Waals surface area (Å²) in [7, 11) is 0. The molecule has 0 heterocycles. The van der Waals surface area contributed by atoms with Gasteiger partial charge in [0.1, 0.15) is 17.6 Å². The van der Waals surface area contributed by atoms with Gasteiger partial charge in [0.05, 0.1) is 17.7 Å². The fourth-order valence-electron chi connectivity index (χ4n) is 5.24. The largest absolute Gasteiger partial charge is 0.494 e. The molecular weight excluding hydrogens is 500 g/mol. The van der Waals surface area contributed by atoms with Gasteiger partial charge in [-0.15, -0.1) is 6.58 Å². The molecule has 0 radical (unpaired) electrons. The molecule has 1 saturated carbocycles. The lowest BCUT2D eigenvalue weighted by atomic mass is 9.84. The Bertz CT molecular complexity index is 1000. The maximum absolute atomic E-state index is 12.6. The van der Waals surface area contributed by atoms with Crippen molar-refractivity contribution in [1.29, 1.82) is 0 Å². The van der Waals surface area contributed by atoms with E-state index in [9.17, 15) is 9.59 Å². The predicted octanol–water partition coefficient (Wildman–Crippen LogP) is 9.50. The zero-order valence-electron chi connectivity index (χ0n) is 24.4. The van der Waals surface area contributed by atoms with Gasteiger partial charge in [0.15, 0.2) is 0 Å². The first kappa shape index (κ1) is 31.4. The third kappa shape index (κ3) is 11.6. The Balaban J connectivity index is 1.34. The maximum Gasteiger partial charge on any atom is 0.343 e. The molecule has 0 atom stereocenters. The summed E-state index contributed by atoms with van der Waals surface area (Å²) in [4.78, 5) is 25.2. The Morgan fingerprint density at radius 3 is 2.00 bits per heavy atom. The van der Waals surface area contributed by atoms with Crippen LogP contribution in [0.4, 0.5) is 0 Å². The molecule has 40 heavy (non-hydrogen) atoms. The molecule has 0 aromatic heterocycles. The maximum atomic E-state index is 12.6. The molecule has 5 heteroatoms. The molecule has 1 fully saturated rings. The lowest BCUT2D eigenvalue weighted by molar-refractivity contribution is 0.0161. The highest BCUT2D eigenvalue weighted by atomic mass is 16.5. The number of hydrogen-bond acceptors (Lipinski definition) is 5. The van der Waals surface area contributed by atoms with Crippen LogP contribution >= 0.6 is 0 Å². The van der Waals surface area contributed by atoms with Crippen LogP contribution in [0, 0.1) is 5.92 Å². The van der Waals surface area contributed by atoms with E-state index in [1.807, 2.05) is 6.08 Å². The van der Waals surface area contributed by atoms with Crippen molar-refractivity contribution in [1.82, 2.24) is 0 Å². The molecule has 5 nitrogen and oxygen atoms in total. The molecule has 2 aromatic carbocycles. The number of unbranched alkanes of at least 4 members (excludes halogenated alkanes) is 8. The van der Waals surface area contributed by atoms with Gasteiger partial charge in [-0.1, -0.05) is 64.4 Å². The second-order valence-corrected chi connectivity index (χ2v) is 11.0. The fourth-order valence-corrected chi connectivity index (χ4v) is 5.24. The van der Waals surface area contributed by atoms with Crippen LogP contribution in [-0.2, 0) is 4.74 Å². The Morgan fingerprint density at radius 2 is 1.35 bits per heavy atom.